The first-order valence-corrected chi connectivity index (χ1v) is 9.08. The fourth-order valence-electron chi connectivity index (χ4n) is 3.42. The molecule has 1 aliphatic carbocycles. The van der Waals surface area contributed by atoms with Gasteiger partial charge in [-0.3, -0.25) is 9.59 Å². The molecular weight excluding hydrogens is 326 g/mol. The van der Waals surface area contributed by atoms with E-state index in [9.17, 15) is 9.59 Å². The first-order chi connectivity index (χ1) is 12.5. The van der Waals surface area contributed by atoms with Gasteiger partial charge in [0.2, 0.25) is 0 Å². The van der Waals surface area contributed by atoms with Crippen LogP contribution in [-0.4, -0.2) is 18.5 Å². The van der Waals surface area contributed by atoms with Gasteiger partial charge in [0.25, 0.3) is 5.91 Å². The fraction of sp³-hybridized carbons (Fsp3) is 0.364. The zero-order valence-corrected chi connectivity index (χ0v) is 15.3. The van der Waals surface area contributed by atoms with Crippen molar-refractivity contribution in [1.82, 2.24) is 5.32 Å². The van der Waals surface area contributed by atoms with Crippen LogP contribution in [0, 0.1) is 0 Å². The van der Waals surface area contributed by atoms with E-state index in [2.05, 4.69) is 17.4 Å². The van der Waals surface area contributed by atoms with Gasteiger partial charge in [-0.2, -0.15) is 0 Å². The zero-order valence-electron chi connectivity index (χ0n) is 15.3. The summed E-state index contributed by atoms with van der Waals surface area (Å²) < 4.78 is 5.30. The number of amides is 1. The van der Waals surface area contributed by atoms with Crippen LogP contribution in [0.4, 0.5) is 0 Å². The molecule has 0 saturated carbocycles. The number of nitrogens with one attached hydrogen (secondary N) is 1. The number of ether oxygens (including phenoxy) is 1. The minimum absolute atomic E-state index is 0.00622. The van der Waals surface area contributed by atoms with Gasteiger partial charge in [-0.15, -0.1) is 0 Å². The zero-order chi connectivity index (χ0) is 18.6. The number of fused-ring (bicyclic) bond motifs is 1. The van der Waals surface area contributed by atoms with Crippen LogP contribution in [0.25, 0.3) is 0 Å². The number of aryl methyl sites for hydroxylation is 1. The predicted octanol–water partition coefficient (Wildman–Crippen LogP) is 3.70. The van der Waals surface area contributed by atoms with E-state index in [4.69, 9.17) is 4.74 Å². The summed E-state index contributed by atoms with van der Waals surface area (Å²) in [6.45, 7) is 3.35. The highest BCUT2D eigenvalue weighted by atomic mass is 16.5. The molecule has 3 rings (SSSR count). The minimum atomic E-state index is -0.793. The second kappa shape index (κ2) is 7.73. The molecule has 4 nitrogen and oxygen atoms in total. The third kappa shape index (κ3) is 3.96. The first kappa shape index (κ1) is 18.2. The fourth-order valence-corrected chi connectivity index (χ4v) is 3.42. The van der Waals surface area contributed by atoms with Gasteiger partial charge in [-0.1, -0.05) is 54.6 Å². The van der Waals surface area contributed by atoms with Crippen LogP contribution in [0.3, 0.4) is 0 Å². The Hall–Kier alpha value is -2.62. The highest BCUT2D eigenvalue weighted by Crippen LogP contribution is 2.29. The molecule has 0 bridgehead atoms. The Labute approximate surface area is 154 Å². The lowest BCUT2D eigenvalue weighted by Crippen LogP contribution is -2.37. The molecule has 1 unspecified atom stereocenters. The average molecular weight is 351 g/mol. The van der Waals surface area contributed by atoms with Gasteiger partial charge in [0.1, 0.15) is 0 Å². The number of esters is 1. The van der Waals surface area contributed by atoms with Gasteiger partial charge in [0, 0.05) is 0 Å². The normalized spacial score (nSPS) is 16.5. The second-order valence-electron chi connectivity index (χ2n) is 7.28. The number of benzene rings is 2. The molecule has 0 aliphatic heterocycles. The summed E-state index contributed by atoms with van der Waals surface area (Å²) in [5.74, 6) is -0.660. The van der Waals surface area contributed by atoms with Gasteiger partial charge in [-0.05, 0) is 49.8 Å². The smallest absolute Gasteiger partial charge is 0.316 e. The molecule has 2 aromatic rings. The maximum Gasteiger partial charge on any atom is 0.316 e. The molecule has 1 atom stereocenters. The van der Waals surface area contributed by atoms with E-state index < -0.39 is 11.4 Å². The molecule has 0 radical (unpaired) electrons. The van der Waals surface area contributed by atoms with Crippen LogP contribution in [0.2, 0.25) is 0 Å². The van der Waals surface area contributed by atoms with Crippen LogP contribution in [0.5, 0.6) is 0 Å². The summed E-state index contributed by atoms with van der Waals surface area (Å²) in [6, 6.07) is 17.6. The Morgan fingerprint density at radius 3 is 2.54 bits per heavy atom. The number of carbonyl (C=O) groups excluding carboxylic acids is 2. The maximum atomic E-state index is 12.5. The summed E-state index contributed by atoms with van der Waals surface area (Å²) in [5, 5.41) is 3.01. The number of rotatable bonds is 5. The molecule has 1 N–H and O–H groups in total. The molecule has 1 amide bonds. The average Bonchev–Trinajstić information content (AvgIpc) is 2.67. The summed E-state index contributed by atoms with van der Waals surface area (Å²) >= 11 is 0. The first-order valence-electron chi connectivity index (χ1n) is 9.08. The molecule has 0 aromatic heterocycles. The van der Waals surface area contributed by atoms with Crippen molar-refractivity contribution in [1.29, 1.82) is 0 Å². The quantitative estimate of drug-likeness (QED) is 0.836. The Kier molecular flexibility index (Phi) is 5.40. The molecule has 26 heavy (non-hydrogen) atoms. The Bertz CT molecular complexity index is 783. The number of hydrogen-bond donors (Lipinski definition) is 1. The highest BCUT2D eigenvalue weighted by molar-refractivity contribution is 5.85. The molecule has 2 aromatic carbocycles. The standard InChI is InChI=1S/C22H25NO3/c1-22(2,17-11-4-3-5-12-17)21(25)26-15-20(24)23-19-14-8-10-16-9-6-7-13-18(16)19/h3-7,9,11-13,19H,8,10,14-15H2,1-2H3,(H,23,24). The van der Waals surface area contributed by atoms with Crippen molar-refractivity contribution >= 4 is 11.9 Å². The molecule has 0 spiro atoms. The largest absolute Gasteiger partial charge is 0.455 e. The number of carbonyl (C=O) groups is 2. The van der Waals surface area contributed by atoms with Crippen LogP contribution < -0.4 is 5.32 Å². The van der Waals surface area contributed by atoms with Crippen molar-refractivity contribution in [3.63, 3.8) is 0 Å². The molecule has 4 heteroatoms. The molecule has 0 heterocycles. The molecule has 0 fully saturated rings. The van der Waals surface area contributed by atoms with Gasteiger partial charge in [-0.25, -0.2) is 0 Å². The Morgan fingerprint density at radius 2 is 1.77 bits per heavy atom. The van der Waals surface area contributed by atoms with Gasteiger partial charge >= 0.3 is 5.97 Å². The third-order valence-corrected chi connectivity index (χ3v) is 5.04. The lowest BCUT2D eigenvalue weighted by atomic mass is 9.85. The van der Waals surface area contributed by atoms with Gasteiger partial charge in [0.15, 0.2) is 6.61 Å². The summed E-state index contributed by atoms with van der Waals surface area (Å²) in [4.78, 5) is 24.8. The van der Waals surface area contributed by atoms with Crippen LogP contribution >= 0.6 is 0 Å². The summed E-state index contributed by atoms with van der Waals surface area (Å²) in [5.41, 5.74) is 2.53. The van der Waals surface area contributed by atoms with E-state index in [1.54, 1.807) is 13.8 Å². The van der Waals surface area contributed by atoms with Crippen molar-refractivity contribution in [3.05, 3.63) is 71.3 Å². The second-order valence-corrected chi connectivity index (χ2v) is 7.28. The van der Waals surface area contributed by atoms with Crippen molar-refractivity contribution < 1.29 is 14.3 Å². The van der Waals surface area contributed by atoms with Crippen molar-refractivity contribution in [2.24, 2.45) is 0 Å². The lowest BCUT2D eigenvalue weighted by Gasteiger charge is -2.27. The van der Waals surface area contributed by atoms with E-state index >= 15 is 0 Å². The van der Waals surface area contributed by atoms with Gasteiger partial charge < -0.3 is 10.1 Å². The van der Waals surface area contributed by atoms with Crippen molar-refractivity contribution in [3.8, 4) is 0 Å². The SMILES string of the molecule is CC(C)(C(=O)OCC(=O)NC1CCCc2ccccc21)c1ccccc1. The predicted molar refractivity (Wildman–Crippen MR) is 101 cm³/mol. The number of hydrogen-bond acceptors (Lipinski definition) is 3. The van der Waals surface area contributed by atoms with E-state index in [0.29, 0.717) is 0 Å². The lowest BCUT2D eigenvalue weighted by molar-refractivity contribution is -0.153. The molecular formula is C22H25NO3. The van der Waals surface area contributed by atoms with E-state index in [0.717, 1.165) is 24.8 Å². The van der Waals surface area contributed by atoms with Crippen LogP contribution in [-0.2, 0) is 26.2 Å². The Balaban J connectivity index is 1.57. The molecule has 1 aliphatic rings. The molecule has 0 saturated heterocycles. The summed E-state index contributed by atoms with van der Waals surface area (Å²) in [7, 11) is 0. The van der Waals surface area contributed by atoms with E-state index in [1.165, 1.54) is 11.1 Å². The van der Waals surface area contributed by atoms with Crippen LogP contribution in [0.15, 0.2) is 54.6 Å². The topological polar surface area (TPSA) is 55.4 Å². The van der Waals surface area contributed by atoms with Crippen LogP contribution in [0.1, 0.15) is 49.4 Å². The summed E-state index contributed by atoms with van der Waals surface area (Å²) in [6.07, 6.45) is 3.00. The molecule has 136 valence electrons. The Morgan fingerprint density at radius 1 is 1.08 bits per heavy atom. The van der Waals surface area contributed by atoms with Crippen molar-refractivity contribution in [2.45, 2.75) is 44.6 Å². The van der Waals surface area contributed by atoms with Gasteiger partial charge in [0.05, 0.1) is 11.5 Å². The highest BCUT2D eigenvalue weighted by Gasteiger charge is 2.32. The van der Waals surface area contributed by atoms with Crippen molar-refractivity contribution in [2.75, 3.05) is 6.61 Å². The minimum Gasteiger partial charge on any atom is -0.455 e. The van der Waals surface area contributed by atoms with E-state index in [-0.39, 0.29) is 18.6 Å². The van der Waals surface area contributed by atoms with E-state index in [1.807, 2.05) is 42.5 Å². The monoisotopic (exact) mass is 351 g/mol. The third-order valence-electron chi connectivity index (χ3n) is 5.04. The maximum absolute atomic E-state index is 12.5.